The fraction of sp³-hybridized carbons (Fsp3) is 0.417. The SMILES string of the molecule is CC(C)CNc1ccc(OCC(N)=O)cc1. The minimum absolute atomic E-state index is 0.0846. The van der Waals surface area contributed by atoms with Crippen LogP contribution in [0.1, 0.15) is 13.8 Å². The molecule has 4 heteroatoms. The van der Waals surface area contributed by atoms with Crippen LogP contribution >= 0.6 is 0 Å². The van der Waals surface area contributed by atoms with Gasteiger partial charge in [0.1, 0.15) is 5.75 Å². The Hall–Kier alpha value is -1.71. The van der Waals surface area contributed by atoms with Crippen molar-refractivity contribution in [3.8, 4) is 5.75 Å². The summed E-state index contributed by atoms with van der Waals surface area (Å²) in [4.78, 5) is 10.5. The number of nitrogens with two attached hydrogens (primary N) is 1. The standard InChI is InChI=1S/C12H18N2O2/c1-9(2)7-14-10-3-5-11(6-4-10)16-8-12(13)15/h3-6,9,14H,7-8H2,1-2H3,(H2,13,15). The summed E-state index contributed by atoms with van der Waals surface area (Å²) in [5.41, 5.74) is 6.02. The van der Waals surface area contributed by atoms with Gasteiger partial charge in [-0.2, -0.15) is 0 Å². The van der Waals surface area contributed by atoms with Crippen molar-refractivity contribution in [1.82, 2.24) is 0 Å². The fourth-order valence-corrected chi connectivity index (χ4v) is 1.15. The number of hydrogen-bond donors (Lipinski definition) is 2. The fourth-order valence-electron chi connectivity index (χ4n) is 1.15. The molecule has 88 valence electrons. The Balaban J connectivity index is 2.44. The van der Waals surface area contributed by atoms with Gasteiger partial charge in [-0.15, -0.1) is 0 Å². The molecule has 0 spiro atoms. The second-order valence-electron chi connectivity index (χ2n) is 4.05. The van der Waals surface area contributed by atoms with E-state index >= 15 is 0 Å². The molecule has 0 fully saturated rings. The average Bonchev–Trinajstić information content (AvgIpc) is 2.25. The summed E-state index contributed by atoms with van der Waals surface area (Å²) in [6.45, 7) is 5.15. The minimum atomic E-state index is -0.470. The van der Waals surface area contributed by atoms with Gasteiger partial charge >= 0.3 is 0 Å². The van der Waals surface area contributed by atoms with Gasteiger partial charge in [-0.1, -0.05) is 13.8 Å². The van der Waals surface area contributed by atoms with Gasteiger partial charge in [0.25, 0.3) is 5.91 Å². The van der Waals surface area contributed by atoms with Crippen molar-refractivity contribution >= 4 is 11.6 Å². The Kier molecular flexibility index (Phi) is 4.64. The second kappa shape index (κ2) is 6.00. The molecule has 1 aromatic rings. The third-order valence-corrected chi connectivity index (χ3v) is 1.95. The number of anilines is 1. The summed E-state index contributed by atoms with van der Waals surface area (Å²) in [6.07, 6.45) is 0. The molecule has 16 heavy (non-hydrogen) atoms. The van der Waals surface area contributed by atoms with Gasteiger partial charge < -0.3 is 15.8 Å². The van der Waals surface area contributed by atoms with Crippen molar-refractivity contribution in [3.05, 3.63) is 24.3 Å². The first kappa shape index (κ1) is 12.4. The molecule has 0 radical (unpaired) electrons. The molecule has 3 N–H and O–H groups in total. The van der Waals surface area contributed by atoms with Crippen LogP contribution in [0.4, 0.5) is 5.69 Å². The highest BCUT2D eigenvalue weighted by Gasteiger charge is 1.98. The van der Waals surface area contributed by atoms with Gasteiger partial charge in [-0.05, 0) is 30.2 Å². The highest BCUT2D eigenvalue weighted by atomic mass is 16.5. The Morgan fingerprint density at radius 3 is 2.50 bits per heavy atom. The predicted molar refractivity (Wildman–Crippen MR) is 64.5 cm³/mol. The highest BCUT2D eigenvalue weighted by molar-refractivity contribution is 5.75. The molecule has 0 aliphatic rings. The molecule has 0 aliphatic heterocycles. The van der Waals surface area contributed by atoms with Crippen molar-refractivity contribution < 1.29 is 9.53 Å². The van der Waals surface area contributed by atoms with E-state index in [4.69, 9.17) is 10.5 Å². The van der Waals surface area contributed by atoms with Crippen molar-refractivity contribution in [2.24, 2.45) is 11.7 Å². The second-order valence-corrected chi connectivity index (χ2v) is 4.05. The Labute approximate surface area is 95.8 Å². The Morgan fingerprint density at radius 1 is 1.38 bits per heavy atom. The number of hydrogen-bond acceptors (Lipinski definition) is 3. The van der Waals surface area contributed by atoms with E-state index in [0.29, 0.717) is 11.7 Å². The van der Waals surface area contributed by atoms with E-state index in [1.165, 1.54) is 0 Å². The van der Waals surface area contributed by atoms with E-state index in [0.717, 1.165) is 12.2 Å². The van der Waals surface area contributed by atoms with E-state index < -0.39 is 5.91 Å². The number of amides is 1. The molecular weight excluding hydrogens is 204 g/mol. The Bertz CT molecular complexity index is 333. The lowest BCUT2D eigenvalue weighted by Gasteiger charge is -2.09. The first-order valence-electron chi connectivity index (χ1n) is 5.33. The molecular formula is C12H18N2O2. The number of carbonyl (C=O) groups excluding carboxylic acids is 1. The van der Waals surface area contributed by atoms with Crippen molar-refractivity contribution in [3.63, 3.8) is 0 Å². The van der Waals surface area contributed by atoms with Gasteiger partial charge in [-0.25, -0.2) is 0 Å². The van der Waals surface area contributed by atoms with Crippen LogP contribution in [0.2, 0.25) is 0 Å². The summed E-state index contributed by atoms with van der Waals surface area (Å²) in [7, 11) is 0. The van der Waals surface area contributed by atoms with Gasteiger partial charge in [0, 0.05) is 12.2 Å². The van der Waals surface area contributed by atoms with Gasteiger partial charge in [-0.3, -0.25) is 4.79 Å². The lowest BCUT2D eigenvalue weighted by molar-refractivity contribution is -0.119. The van der Waals surface area contributed by atoms with Crippen LogP contribution in [0.3, 0.4) is 0 Å². The van der Waals surface area contributed by atoms with Gasteiger partial charge in [0.15, 0.2) is 6.61 Å². The zero-order valence-electron chi connectivity index (χ0n) is 9.69. The summed E-state index contributed by atoms with van der Waals surface area (Å²) in [5, 5.41) is 3.29. The number of primary amides is 1. The number of rotatable bonds is 6. The summed E-state index contributed by atoms with van der Waals surface area (Å²) in [5.74, 6) is 0.779. The number of benzene rings is 1. The quantitative estimate of drug-likeness (QED) is 0.768. The smallest absolute Gasteiger partial charge is 0.255 e. The number of nitrogens with one attached hydrogen (secondary N) is 1. The number of carbonyl (C=O) groups is 1. The molecule has 0 aromatic heterocycles. The first-order chi connectivity index (χ1) is 7.58. The maximum atomic E-state index is 10.5. The van der Waals surface area contributed by atoms with Crippen LogP contribution < -0.4 is 15.8 Å². The van der Waals surface area contributed by atoms with E-state index in [2.05, 4.69) is 19.2 Å². The van der Waals surface area contributed by atoms with Crippen molar-refractivity contribution in [2.75, 3.05) is 18.5 Å². The summed E-state index contributed by atoms with van der Waals surface area (Å²) < 4.78 is 5.15. The van der Waals surface area contributed by atoms with E-state index in [1.54, 1.807) is 0 Å². The molecule has 1 amide bonds. The van der Waals surface area contributed by atoms with E-state index in [1.807, 2.05) is 24.3 Å². The normalized spacial score (nSPS) is 10.2. The van der Waals surface area contributed by atoms with Crippen LogP contribution in [0.5, 0.6) is 5.75 Å². The first-order valence-corrected chi connectivity index (χ1v) is 5.33. The molecule has 0 heterocycles. The average molecular weight is 222 g/mol. The van der Waals surface area contributed by atoms with Crippen LogP contribution in [-0.4, -0.2) is 19.1 Å². The number of ether oxygens (including phenoxy) is 1. The highest BCUT2D eigenvalue weighted by Crippen LogP contribution is 2.15. The largest absolute Gasteiger partial charge is 0.484 e. The van der Waals surface area contributed by atoms with Crippen LogP contribution in [0.25, 0.3) is 0 Å². The molecule has 0 atom stereocenters. The lowest BCUT2D eigenvalue weighted by atomic mass is 10.2. The van der Waals surface area contributed by atoms with Crippen LogP contribution in [-0.2, 0) is 4.79 Å². The summed E-state index contributed by atoms with van der Waals surface area (Å²) in [6, 6.07) is 7.45. The minimum Gasteiger partial charge on any atom is -0.484 e. The van der Waals surface area contributed by atoms with E-state index in [-0.39, 0.29) is 6.61 Å². The lowest BCUT2D eigenvalue weighted by Crippen LogP contribution is -2.19. The molecule has 4 nitrogen and oxygen atoms in total. The molecule has 0 bridgehead atoms. The summed E-state index contributed by atoms with van der Waals surface area (Å²) >= 11 is 0. The van der Waals surface area contributed by atoms with Crippen molar-refractivity contribution in [2.45, 2.75) is 13.8 Å². The van der Waals surface area contributed by atoms with E-state index in [9.17, 15) is 4.79 Å². The topological polar surface area (TPSA) is 64.3 Å². The van der Waals surface area contributed by atoms with Gasteiger partial charge in [0.2, 0.25) is 0 Å². The van der Waals surface area contributed by atoms with Crippen LogP contribution in [0.15, 0.2) is 24.3 Å². The zero-order valence-corrected chi connectivity index (χ0v) is 9.69. The van der Waals surface area contributed by atoms with Crippen molar-refractivity contribution in [1.29, 1.82) is 0 Å². The molecule has 0 saturated heterocycles. The molecule has 0 aliphatic carbocycles. The predicted octanol–water partition coefficient (Wildman–Crippen LogP) is 1.62. The third kappa shape index (κ3) is 4.68. The molecule has 1 aromatic carbocycles. The molecule has 0 unspecified atom stereocenters. The monoisotopic (exact) mass is 222 g/mol. The zero-order chi connectivity index (χ0) is 12.0. The van der Waals surface area contributed by atoms with Crippen LogP contribution in [0, 0.1) is 5.92 Å². The maximum absolute atomic E-state index is 10.5. The molecule has 0 saturated carbocycles. The molecule has 1 rings (SSSR count). The third-order valence-electron chi connectivity index (χ3n) is 1.95. The Morgan fingerprint density at radius 2 is 2.00 bits per heavy atom. The van der Waals surface area contributed by atoms with Gasteiger partial charge in [0.05, 0.1) is 0 Å². The maximum Gasteiger partial charge on any atom is 0.255 e.